The summed E-state index contributed by atoms with van der Waals surface area (Å²) in [5.74, 6) is 3.91. The predicted molar refractivity (Wildman–Crippen MR) is 60.6 cm³/mol. The van der Waals surface area contributed by atoms with Crippen molar-refractivity contribution < 1.29 is 0 Å². The van der Waals surface area contributed by atoms with Crippen LogP contribution in [0.2, 0.25) is 0 Å². The fourth-order valence-electron chi connectivity index (χ4n) is 0.927. The molecule has 0 aliphatic rings. The van der Waals surface area contributed by atoms with Crippen LogP contribution in [-0.4, -0.2) is 15.9 Å². The summed E-state index contributed by atoms with van der Waals surface area (Å²) in [5, 5.41) is 4.10. The predicted octanol–water partition coefficient (Wildman–Crippen LogP) is 2.49. The molecule has 0 spiro atoms. The Hall–Kier alpha value is -1.08. The van der Waals surface area contributed by atoms with E-state index in [1.54, 1.807) is 0 Å². The SMILES string of the molecule is C#CCCCNc1nc(C(C)C)ns1. The van der Waals surface area contributed by atoms with Crippen molar-refractivity contribution in [3.05, 3.63) is 5.82 Å². The molecule has 3 nitrogen and oxygen atoms in total. The first kappa shape index (κ1) is 11.0. The van der Waals surface area contributed by atoms with E-state index in [9.17, 15) is 0 Å². The molecular formula is C10H15N3S. The van der Waals surface area contributed by atoms with E-state index in [1.807, 2.05) is 0 Å². The Kier molecular flexibility index (Phi) is 4.41. The van der Waals surface area contributed by atoms with E-state index in [4.69, 9.17) is 6.42 Å². The van der Waals surface area contributed by atoms with E-state index in [0.717, 1.165) is 30.3 Å². The molecule has 0 fully saturated rings. The minimum absolute atomic E-state index is 0.396. The number of unbranched alkanes of at least 4 members (excludes halogenated alkanes) is 1. The lowest BCUT2D eigenvalue weighted by Gasteiger charge is -1.98. The summed E-state index contributed by atoms with van der Waals surface area (Å²) in [6.07, 6.45) is 6.94. The first-order valence-electron chi connectivity index (χ1n) is 4.75. The minimum Gasteiger partial charge on any atom is -0.360 e. The van der Waals surface area contributed by atoms with E-state index >= 15 is 0 Å². The zero-order valence-electron chi connectivity index (χ0n) is 8.58. The van der Waals surface area contributed by atoms with Gasteiger partial charge in [0.15, 0.2) is 0 Å². The summed E-state index contributed by atoms with van der Waals surface area (Å²) in [7, 11) is 0. The fraction of sp³-hybridized carbons (Fsp3) is 0.600. The summed E-state index contributed by atoms with van der Waals surface area (Å²) in [6.45, 7) is 5.05. The molecule has 1 aromatic rings. The summed E-state index contributed by atoms with van der Waals surface area (Å²) in [5.41, 5.74) is 0. The molecule has 76 valence electrons. The Morgan fingerprint density at radius 1 is 1.57 bits per heavy atom. The van der Waals surface area contributed by atoms with E-state index in [2.05, 4.69) is 34.4 Å². The smallest absolute Gasteiger partial charge is 0.202 e. The monoisotopic (exact) mass is 209 g/mol. The maximum absolute atomic E-state index is 5.15. The highest BCUT2D eigenvalue weighted by molar-refractivity contribution is 7.09. The zero-order valence-corrected chi connectivity index (χ0v) is 9.40. The second-order valence-corrected chi connectivity index (χ2v) is 4.10. The van der Waals surface area contributed by atoms with Crippen LogP contribution in [0.3, 0.4) is 0 Å². The second kappa shape index (κ2) is 5.61. The highest BCUT2D eigenvalue weighted by atomic mass is 32.1. The molecule has 1 aromatic heterocycles. The Balaban J connectivity index is 2.33. The molecule has 0 amide bonds. The molecule has 0 aromatic carbocycles. The molecule has 4 heteroatoms. The van der Waals surface area contributed by atoms with Crippen LogP contribution in [0.1, 0.15) is 38.4 Å². The van der Waals surface area contributed by atoms with Crippen molar-refractivity contribution in [3.63, 3.8) is 0 Å². The van der Waals surface area contributed by atoms with E-state index in [0.29, 0.717) is 5.92 Å². The minimum atomic E-state index is 0.396. The molecule has 0 saturated heterocycles. The molecule has 0 aliphatic carbocycles. The number of terminal acetylenes is 1. The molecule has 0 radical (unpaired) electrons. The van der Waals surface area contributed by atoms with Gasteiger partial charge in [0.05, 0.1) is 0 Å². The first-order valence-corrected chi connectivity index (χ1v) is 5.52. The summed E-state index contributed by atoms with van der Waals surface area (Å²) >= 11 is 1.41. The van der Waals surface area contributed by atoms with Crippen LogP contribution in [0, 0.1) is 12.3 Å². The van der Waals surface area contributed by atoms with Gasteiger partial charge in [0, 0.05) is 30.4 Å². The van der Waals surface area contributed by atoms with Crippen LogP contribution in [0.4, 0.5) is 5.13 Å². The topological polar surface area (TPSA) is 37.8 Å². The van der Waals surface area contributed by atoms with Crippen molar-refractivity contribution in [1.82, 2.24) is 9.36 Å². The summed E-state index contributed by atoms with van der Waals surface area (Å²) in [4.78, 5) is 4.35. The van der Waals surface area contributed by atoms with E-state index in [-0.39, 0.29) is 0 Å². The van der Waals surface area contributed by atoms with Crippen LogP contribution >= 0.6 is 11.5 Å². The molecule has 0 saturated carbocycles. The van der Waals surface area contributed by atoms with E-state index < -0.39 is 0 Å². The number of nitrogens with one attached hydrogen (secondary N) is 1. The number of rotatable bonds is 5. The van der Waals surface area contributed by atoms with Gasteiger partial charge in [-0.3, -0.25) is 0 Å². The van der Waals surface area contributed by atoms with Crippen LogP contribution in [-0.2, 0) is 0 Å². The Labute approximate surface area is 89.1 Å². The lowest BCUT2D eigenvalue weighted by molar-refractivity contribution is 0.798. The number of hydrogen-bond donors (Lipinski definition) is 1. The summed E-state index contributed by atoms with van der Waals surface area (Å²) in [6, 6.07) is 0. The highest BCUT2D eigenvalue weighted by Gasteiger charge is 2.06. The van der Waals surface area contributed by atoms with Crippen molar-refractivity contribution in [2.45, 2.75) is 32.6 Å². The molecule has 0 aliphatic heterocycles. The van der Waals surface area contributed by atoms with Gasteiger partial charge < -0.3 is 5.32 Å². The van der Waals surface area contributed by atoms with Gasteiger partial charge in [0.1, 0.15) is 5.82 Å². The Bertz CT molecular complexity index is 311. The van der Waals surface area contributed by atoms with Gasteiger partial charge in [-0.25, -0.2) is 4.98 Å². The number of aromatic nitrogens is 2. The third-order valence-electron chi connectivity index (χ3n) is 1.73. The molecule has 0 unspecified atom stereocenters. The van der Waals surface area contributed by atoms with Crippen LogP contribution in [0.5, 0.6) is 0 Å². The van der Waals surface area contributed by atoms with Gasteiger partial charge in [-0.1, -0.05) is 13.8 Å². The third-order valence-corrected chi connectivity index (χ3v) is 2.42. The molecule has 1 heterocycles. The average molecular weight is 209 g/mol. The van der Waals surface area contributed by atoms with Crippen LogP contribution in [0.15, 0.2) is 0 Å². The zero-order chi connectivity index (χ0) is 10.4. The van der Waals surface area contributed by atoms with Crippen molar-refractivity contribution in [3.8, 4) is 12.3 Å². The third kappa shape index (κ3) is 3.35. The van der Waals surface area contributed by atoms with Gasteiger partial charge >= 0.3 is 0 Å². The van der Waals surface area contributed by atoms with Crippen molar-refractivity contribution >= 4 is 16.7 Å². The second-order valence-electron chi connectivity index (χ2n) is 3.35. The molecule has 1 rings (SSSR count). The van der Waals surface area contributed by atoms with Crippen LogP contribution in [0.25, 0.3) is 0 Å². The number of anilines is 1. The molecule has 0 atom stereocenters. The van der Waals surface area contributed by atoms with Gasteiger partial charge in [-0.15, -0.1) is 12.3 Å². The van der Waals surface area contributed by atoms with Gasteiger partial charge in [0.2, 0.25) is 5.13 Å². The van der Waals surface area contributed by atoms with Crippen molar-refractivity contribution in [2.24, 2.45) is 0 Å². The summed E-state index contributed by atoms with van der Waals surface area (Å²) < 4.78 is 4.24. The molecular weight excluding hydrogens is 194 g/mol. The Morgan fingerprint density at radius 2 is 2.36 bits per heavy atom. The standard InChI is InChI=1S/C10H15N3S/c1-4-5-6-7-11-10-12-9(8(2)3)13-14-10/h1,8H,5-7H2,2-3H3,(H,11,12,13). The quantitative estimate of drug-likeness (QED) is 0.598. The molecule has 0 bridgehead atoms. The Morgan fingerprint density at radius 3 is 2.93 bits per heavy atom. The molecule has 1 N–H and O–H groups in total. The highest BCUT2D eigenvalue weighted by Crippen LogP contribution is 2.16. The number of hydrogen-bond acceptors (Lipinski definition) is 4. The van der Waals surface area contributed by atoms with Crippen LogP contribution < -0.4 is 5.32 Å². The van der Waals surface area contributed by atoms with Gasteiger partial charge in [-0.05, 0) is 6.42 Å². The lowest BCUT2D eigenvalue weighted by Crippen LogP contribution is -2.00. The van der Waals surface area contributed by atoms with E-state index in [1.165, 1.54) is 11.5 Å². The van der Waals surface area contributed by atoms with Gasteiger partial charge in [-0.2, -0.15) is 4.37 Å². The normalized spacial score (nSPS) is 10.1. The van der Waals surface area contributed by atoms with Crippen molar-refractivity contribution in [2.75, 3.05) is 11.9 Å². The fourth-order valence-corrected chi connectivity index (χ4v) is 1.66. The molecule has 14 heavy (non-hydrogen) atoms. The average Bonchev–Trinajstić information content (AvgIpc) is 2.61. The first-order chi connectivity index (χ1) is 6.74. The lowest BCUT2D eigenvalue weighted by atomic mass is 10.2. The van der Waals surface area contributed by atoms with Gasteiger partial charge in [0.25, 0.3) is 0 Å². The number of nitrogens with zero attached hydrogens (tertiary/aromatic N) is 2. The van der Waals surface area contributed by atoms with Crippen molar-refractivity contribution in [1.29, 1.82) is 0 Å². The largest absolute Gasteiger partial charge is 0.360 e. The maximum Gasteiger partial charge on any atom is 0.202 e. The maximum atomic E-state index is 5.15.